The lowest BCUT2D eigenvalue weighted by atomic mass is 10.2. The Kier molecular flexibility index (Phi) is 5.24. The highest BCUT2D eigenvalue weighted by Gasteiger charge is 2.31. The second-order valence-corrected chi connectivity index (χ2v) is 5.68. The van der Waals surface area contributed by atoms with Crippen molar-refractivity contribution < 1.29 is 28.0 Å². The minimum atomic E-state index is -3.40. The van der Waals surface area contributed by atoms with Crippen molar-refractivity contribution in [2.24, 2.45) is 5.16 Å². The van der Waals surface area contributed by atoms with Gasteiger partial charge in [-0.3, -0.25) is 4.79 Å². The lowest BCUT2D eigenvalue weighted by Crippen LogP contribution is -2.39. The number of carboxylic acid groups (broad SMARTS) is 1. The highest BCUT2D eigenvalue weighted by molar-refractivity contribution is 7.89. The fourth-order valence-corrected chi connectivity index (χ4v) is 2.31. The molecular weight excluding hydrogens is 278 g/mol. The SMILES string of the molecule is CCNS(=O)(=O)CCNC(=O)C1CC(C(=O)O)=NO1. The third-order valence-corrected chi connectivity index (χ3v) is 3.71. The molecule has 1 heterocycles. The van der Waals surface area contributed by atoms with E-state index in [4.69, 9.17) is 5.11 Å². The molecule has 1 aliphatic heterocycles. The van der Waals surface area contributed by atoms with E-state index in [9.17, 15) is 18.0 Å². The summed E-state index contributed by atoms with van der Waals surface area (Å²) in [5.41, 5.74) is -0.236. The van der Waals surface area contributed by atoms with Crippen molar-refractivity contribution >= 4 is 27.6 Å². The number of carboxylic acids is 1. The van der Waals surface area contributed by atoms with Crippen LogP contribution in [0.3, 0.4) is 0 Å². The van der Waals surface area contributed by atoms with Gasteiger partial charge in [-0.2, -0.15) is 0 Å². The molecular formula is C9H15N3O6S. The van der Waals surface area contributed by atoms with Crippen LogP contribution in [0.25, 0.3) is 0 Å². The predicted molar refractivity (Wildman–Crippen MR) is 65.0 cm³/mol. The molecule has 1 atom stereocenters. The zero-order valence-corrected chi connectivity index (χ0v) is 11.1. The molecule has 1 amide bonds. The monoisotopic (exact) mass is 293 g/mol. The maximum absolute atomic E-state index is 11.5. The number of nitrogens with zero attached hydrogens (tertiary/aromatic N) is 1. The number of amides is 1. The van der Waals surface area contributed by atoms with Gasteiger partial charge in [0.25, 0.3) is 5.91 Å². The summed E-state index contributed by atoms with van der Waals surface area (Å²) in [7, 11) is -3.40. The number of hydrogen-bond acceptors (Lipinski definition) is 6. The molecule has 0 saturated heterocycles. The molecule has 0 radical (unpaired) electrons. The lowest BCUT2D eigenvalue weighted by molar-refractivity contribution is -0.131. The third-order valence-electron chi connectivity index (χ3n) is 2.24. The van der Waals surface area contributed by atoms with Crippen LogP contribution in [0.1, 0.15) is 13.3 Å². The van der Waals surface area contributed by atoms with Crippen LogP contribution in [0.2, 0.25) is 0 Å². The molecule has 0 aliphatic carbocycles. The minimum absolute atomic E-state index is 0.0869. The van der Waals surface area contributed by atoms with Crippen molar-refractivity contribution in [2.75, 3.05) is 18.8 Å². The normalized spacial score (nSPS) is 18.6. The van der Waals surface area contributed by atoms with E-state index in [1.807, 2.05) is 0 Å². The summed E-state index contributed by atoms with van der Waals surface area (Å²) in [6.07, 6.45) is -1.16. The number of rotatable bonds is 7. The van der Waals surface area contributed by atoms with Crippen LogP contribution in [-0.2, 0) is 24.4 Å². The van der Waals surface area contributed by atoms with E-state index < -0.39 is 28.0 Å². The Balaban J connectivity index is 2.33. The van der Waals surface area contributed by atoms with Gasteiger partial charge < -0.3 is 15.3 Å². The van der Waals surface area contributed by atoms with Gasteiger partial charge in [0.15, 0.2) is 5.71 Å². The van der Waals surface area contributed by atoms with E-state index >= 15 is 0 Å². The summed E-state index contributed by atoms with van der Waals surface area (Å²) in [6, 6.07) is 0. The van der Waals surface area contributed by atoms with Crippen LogP contribution < -0.4 is 10.0 Å². The molecule has 10 heteroatoms. The van der Waals surface area contributed by atoms with Gasteiger partial charge in [-0.05, 0) is 0 Å². The average molecular weight is 293 g/mol. The highest BCUT2D eigenvalue weighted by Crippen LogP contribution is 2.10. The van der Waals surface area contributed by atoms with E-state index in [1.54, 1.807) is 6.92 Å². The number of sulfonamides is 1. The first-order valence-electron chi connectivity index (χ1n) is 5.56. The number of aliphatic carboxylic acids is 1. The van der Waals surface area contributed by atoms with Gasteiger partial charge in [0.05, 0.1) is 5.75 Å². The lowest BCUT2D eigenvalue weighted by Gasteiger charge is -2.09. The standard InChI is InChI=1S/C9H15N3O6S/c1-2-11-19(16,17)4-3-10-8(13)7-5-6(9(14)15)12-18-7/h7,11H,2-5H2,1H3,(H,10,13)(H,14,15). The summed E-state index contributed by atoms with van der Waals surface area (Å²) in [4.78, 5) is 26.7. The summed E-state index contributed by atoms with van der Waals surface area (Å²) in [5, 5.41) is 14.2. The molecule has 0 fully saturated rings. The topological polar surface area (TPSA) is 134 Å². The fraction of sp³-hybridized carbons (Fsp3) is 0.667. The Morgan fingerprint density at radius 3 is 2.74 bits per heavy atom. The molecule has 0 bridgehead atoms. The van der Waals surface area contributed by atoms with Crippen molar-refractivity contribution in [1.29, 1.82) is 0 Å². The van der Waals surface area contributed by atoms with Gasteiger partial charge in [-0.25, -0.2) is 17.9 Å². The van der Waals surface area contributed by atoms with Gasteiger partial charge >= 0.3 is 5.97 Å². The molecule has 0 aromatic carbocycles. The Hall–Kier alpha value is -1.68. The molecule has 19 heavy (non-hydrogen) atoms. The van der Waals surface area contributed by atoms with Crippen molar-refractivity contribution in [2.45, 2.75) is 19.4 Å². The summed E-state index contributed by atoms with van der Waals surface area (Å²) >= 11 is 0. The van der Waals surface area contributed by atoms with E-state index in [1.165, 1.54) is 0 Å². The molecule has 1 unspecified atom stereocenters. The van der Waals surface area contributed by atoms with E-state index in [0.29, 0.717) is 0 Å². The summed E-state index contributed by atoms with van der Waals surface area (Å²) < 4.78 is 24.8. The van der Waals surface area contributed by atoms with Gasteiger partial charge in [0.2, 0.25) is 16.1 Å². The first kappa shape index (κ1) is 15.4. The second-order valence-electron chi connectivity index (χ2n) is 3.75. The maximum Gasteiger partial charge on any atom is 0.353 e. The molecule has 0 aromatic rings. The zero-order valence-electron chi connectivity index (χ0n) is 10.2. The fourth-order valence-electron chi connectivity index (χ4n) is 1.36. The number of nitrogens with one attached hydrogen (secondary N) is 2. The van der Waals surface area contributed by atoms with Gasteiger partial charge in [0.1, 0.15) is 0 Å². The van der Waals surface area contributed by atoms with E-state index in [-0.39, 0.29) is 31.0 Å². The number of carbonyl (C=O) groups excluding carboxylic acids is 1. The number of hydrogen-bond donors (Lipinski definition) is 3. The zero-order chi connectivity index (χ0) is 14.5. The Morgan fingerprint density at radius 1 is 1.53 bits per heavy atom. The first-order chi connectivity index (χ1) is 8.85. The van der Waals surface area contributed by atoms with E-state index in [0.717, 1.165) is 0 Å². The molecule has 1 aliphatic rings. The molecule has 0 spiro atoms. The number of oxime groups is 1. The predicted octanol–water partition coefficient (Wildman–Crippen LogP) is -1.73. The molecule has 3 N–H and O–H groups in total. The largest absolute Gasteiger partial charge is 0.477 e. The molecule has 0 aromatic heterocycles. The van der Waals surface area contributed by atoms with Crippen LogP contribution in [-0.4, -0.2) is 56.1 Å². The van der Waals surface area contributed by atoms with Gasteiger partial charge in [-0.15, -0.1) is 0 Å². The van der Waals surface area contributed by atoms with Gasteiger partial charge in [-0.1, -0.05) is 12.1 Å². The Labute approximate surface area is 110 Å². The van der Waals surface area contributed by atoms with Gasteiger partial charge in [0, 0.05) is 19.5 Å². The average Bonchev–Trinajstić information content (AvgIpc) is 2.77. The first-order valence-corrected chi connectivity index (χ1v) is 7.22. The Morgan fingerprint density at radius 2 is 2.21 bits per heavy atom. The van der Waals surface area contributed by atoms with Crippen molar-refractivity contribution in [1.82, 2.24) is 10.0 Å². The number of carbonyl (C=O) groups is 2. The van der Waals surface area contributed by atoms with Crippen LogP contribution in [0, 0.1) is 0 Å². The smallest absolute Gasteiger partial charge is 0.353 e. The van der Waals surface area contributed by atoms with Crippen LogP contribution >= 0.6 is 0 Å². The third kappa shape index (κ3) is 4.83. The van der Waals surface area contributed by atoms with Crippen LogP contribution in [0.5, 0.6) is 0 Å². The minimum Gasteiger partial charge on any atom is -0.477 e. The molecule has 1 rings (SSSR count). The quantitative estimate of drug-likeness (QED) is 0.510. The maximum atomic E-state index is 11.5. The molecule has 0 saturated carbocycles. The van der Waals surface area contributed by atoms with E-state index in [2.05, 4.69) is 20.0 Å². The second kappa shape index (κ2) is 6.48. The molecule has 9 nitrogen and oxygen atoms in total. The molecule has 108 valence electrons. The van der Waals surface area contributed by atoms with Crippen LogP contribution in [0.4, 0.5) is 0 Å². The highest BCUT2D eigenvalue weighted by atomic mass is 32.2. The van der Waals surface area contributed by atoms with Crippen molar-refractivity contribution in [3.05, 3.63) is 0 Å². The van der Waals surface area contributed by atoms with Crippen molar-refractivity contribution in [3.8, 4) is 0 Å². The van der Waals surface area contributed by atoms with Crippen molar-refractivity contribution in [3.63, 3.8) is 0 Å². The summed E-state index contributed by atoms with van der Waals surface area (Å²) in [6.45, 7) is 1.83. The Bertz CT molecular complexity index is 486. The van der Waals surface area contributed by atoms with Crippen LogP contribution in [0.15, 0.2) is 5.16 Å². The summed E-state index contributed by atoms with van der Waals surface area (Å²) in [5.74, 6) is -2.09.